The molecule has 2 N–H and O–H groups in total. The molecule has 0 amide bonds. The fraction of sp³-hybridized carbons (Fsp3) is 0.438. The van der Waals surface area contributed by atoms with Crippen molar-refractivity contribution in [3.05, 3.63) is 47.8 Å². The molecule has 0 radical (unpaired) electrons. The third-order valence-corrected chi connectivity index (χ3v) is 4.08. The van der Waals surface area contributed by atoms with E-state index in [9.17, 15) is 5.11 Å². The predicted octanol–water partition coefficient (Wildman–Crippen LogP) is 2.64. The summed E-state index contributed by atoms with van der Waals surface area (Å²) >= 11 is 0. The molecule has 0 bridgehead atoms. The van der Waals surface area contributed by atoms with Crippen molar-refractivity contribution < 1.29 is 5.11 Å². The molecular weight excluding hydrogens is 250 g/mol. The molecule has 2 atom stereocenters. The first-order valence-electron chi connectivity index (χ1n) is 7.28. The molecule has 20 heavy (non-hydrogen) atoms. The monoisotopic (exact) mass is 271 g/mol. The summed E-state index contributed by atoms with van der Waals surface area (Å²) in [5, 5.41) is 17.8. The Hall–Kier alpha value is -1.81. The highest BCUT2D eigenvalue weighted by Gasteiger charge is 2.25. The molecule has 0 fully saturated rings. The fourth-order valence-electron chi connectivity index (χ4n) is 2.99. The molecule has 4 heteroatoms. The Labute approximate surface area is 119 Å². The van der Waals surface area contributed by atoms with E-state index >= 15 is 0 Å². The highest BCUT2D eigenvalue weighted by atomic mass is 16.3. The lowest BCUT2D eigenvalue weighted by molar-refractivity contribution is 0.406. The van der Waals surface area contributed by atoms with Gasteiger partial charge < -0.3 is 10.4 Å². The molecule has 0 unspecified atom stereocenters. The largest absolute Gasteiger partial charge is 0.508 e. The van der Waals surface area contributed by atoms with Gasteiger partial charge in [0, 0.05) is 31.0 Å². The Kier molecular flexibility index (Phi) is 3.74. The van der Waals surface area contributed by atoms with Gasteiger partial charge in [-0.3, -0.25) is 4.68 Å². The lowest BCUT2D eigenvalue weighted by Gasteiger charge is -2.20. The first-order chi connectivity index (χ1) is 9.74. The van der Waals surface area contributed by atoms with Gasteiger partial charge in [-0.25, -0.2) is 0 Å². The average Bonchev–Trinajstić information content (AvgIpc) is 3.07. The van der Waals surface area contributed by atoms with E-state index in [1.54, 1.807) is 6.07 Å². The Morgan fingerprint density at radius 1 is 1.45 bits per heavy atom. The van der Waals surface area contributed by atoms with E-state index in [-0.39, 0.29) is 0 Å². The summed E-state index contributed by atoms with van der Waals surface area (Å²) in [4.78, 5) is 0. The third-order valence-electron chi connectivity index (χ3n) is 4.08. The van der Waals surface area contributed by atoms with Gasteiger partial charge in [-0.1, -0.05) is 12.1 Å². The van der Waals surface area contributed by atoms with Crippen LogP contribution in [0.4, 0.5) is 0 Å². The van der Waals surface area contributed by atoms with Gasteiger partial charge in [-0.05, 0) is 49.4 Å². The summed E-state index contributed by atoms with van der Waals surface area (Å²) < 4.78 is 1.96. The van der Waals surface area contributed by atoms with Gasteiger partial charge in [0.15, 0.2) is 0 Å². The zero-order valence-corrected chi connectivity index (χ0v) is 11.8. The molecule has 1 aliphatic rings. The van der Waals surface area contributed by atoms with Crippen LogP contribution < -0.4 is 5.32 Å². The Balaban J connectivity index is 1.58. The number of phenolic OH excluding ortho intramolecular Hbond substituents is 1. The van der Waals surface area contributed by atoms with Crippen LogP contribution in [0, 0.1) is 0 Å². The quantitative estimate of drug-likeness (QED) is 0.879. The number of hydrogen-bond acceptors (Lipinski definition) is 3. The third kappa shape index (κ3) is 2.70. The standard InChI is InChI=1S/C16H21N3O/c1-12(8-11-19-10-3-9-17-19)18-15-7-6-14-13(15)4-2-5-16(14)20/h2-5,9-10,12,15,18,20H,6-8,11H2,1H3/t12-,15-/m0/s1. The number of nitrogens with zero attached hydrogens (tertiary/aromatic N) is 2. The molecule has 3 rings (SSSR count). The van der Waals surface area contributed by atoms with Crippen molar-refractivity contribution in [2.24, 2.45) is 0 Å². The molecule has 2 aromatic rings. The van der Waals surface area contributed by atoms with Crippen LogP contribution >= 0.6 is 0 Å². The zero-order valence-electron chi connectivity index (χ0n) is 11.8. The van der Waals surface area contributed by atoms with E-state index in [1.807, 2.05) is 29.2 Å². The van der Waals surface area contributed by atoms with Crippen LogP contribution in [0.1, 0.15) is 36.9 Å². The lowest BCUT2D eigenvalue weighted by Crippen LogP contribution is -2.30. The first-order valence-corrected chi connectivity index (χ1v) is 7.28. The van der Waals surface area contributed by atoms with Crippen LogP contribution in [0.15, 0.2) is 36.7 Å². The van der Waals surface area contributed by atoms with Gasteiger partial charge in [0.1, 0.15) is 5.75 Å². The normalized spacial score (nSPS) is 18.9. The number of benzene rings is 1. The number of phenols is 1. The number of aromatic hydroxyl groups is 1. The maximum Gasteiger partial charge on any atom is 0.119 e. The second kappa shape index (κ2) is 5.67. The molecule has 106 valence electrons. The van der Waals surface area contributed by atoms with Crippen molar-refractivity contribution in [2.45, 2.75) is 44.8 Å². The molecule has 0 saturated heterocycles. The minimum Gasteiger partial charge on any atom is -0.508 e. The predicted molar refractivity (Wildman–Crippen MR) is 78.6 cm³/mol. The molecule has 0 saturated carbocycles. The summed E-state index contributed by atoms with van der Waals surface area (Å²) in [6, 6.07) is 8.58. The van der Waals surface area contributed by atoms with Crippen molar-refractivity contribution in [1.29, 1.82) is 0 Å². The second-order valence-corrected chi connectivity index (χ2v) is 5.56. The minimum atomic E-state index is 0.365. The van der Waals surface area contributed by atoms with Gasteiger partial charge in [0.2, 0.25) is 0 Å². The maximum absolute atomic E-state index is 9.87. The average molecular weight is 271 g/mol. The number of rotatable bonds is 5. The van der Waals surface area contributed by atoms with Crippen molar-refractivity contribution in [1.82, 2.24) is 15.1 Å². The van der Waals surface area contributed by atoms with Crippen molar-refractivity contribution in [2.75, 3.05) is 0 Å². The van der Waals surface area contributed by atoms with E-state index in [2.05, 4.69) is 23.4 Å². The topological polar surface area (TPSA) is 50.1 Å². The summed E-state index contributed by atoms with van der Waals surface area (Å²) in [5.41, 5.74) is 2.38. The number of hydrogen-bond donors (Lipinski definition) is 2. The number of aromatic nitrogens is 2. The number of fused-ring (bicyclic) bond motifs is 1. The fourth-order valence-corrected chi connectivity index (χ4v) is 2.99. The van der Waals surface area contributed by atoms with E-state index in [0.29, 0.717) is 17.8 Å². The molecule has 1 heterocycles. The zero-order chi connectivity index (χ0) is 13.9. The number of nitrogens with one attached hydrogen (secondary N) is 1. The van der Waals surface area contributed by atoms with Gasteiger partial charge in [0.05, 0.1) is 0 Å². The van der Waals surface area contributed by atoms with Crippen LogP contribution in [0.25, 0.3) is 0 Å². The van der Waals surface area contributed by atoms with Crippen LogP contribution in [-0.2, 0) is 13.0 Å². The molecule has 0 aliphatic heterocycles. The number of aryl methyl sites for hydroxylation is 1. The van der Waals surface area contributed by atoms with E-state index in [4.69, 9.17) is 0 Å². The van der Waals surface area contributed by atoms with Crippen LogP contribution in [0.2, 0.25) is 0 Å². The van der Waals surface area contributed by atoms with Crippen LogP contribution in [0.3, 0.4) is 0 Å². The molecule has 4 nitrogen and oxygen atoms in total. The molecule has 0 spiro atoms. The smallest absolute Gasteiger partial charge is 0.119 e. The molecular formula is C16H21N3O. The van der Waals surface area contributed by atoms with E-state index in [0.717, 1.165) is 31.4 Å². The van der Waals surface area contributed by atoms with Gasteiger partial charge in [-0.15, -0.1) is 0 Å². The Bertz CT molecular complexity index is 565. The highest BCUT2D eigenvalue weighted by molar-refractivity contribution is 5.44. The first kappa shape index (κ1) is 13.2. The lowest BCUT2D eigenvalue weighted by atomic mass is 10.1. The summed E-state index contributed by atoms with van der Waals surface area (Å²) in [5.74, 6) is 0.441. The molecule has 1 aromatic heterocycles. The molecule has 1 aromatic carbocycles. The summed E-state index contributed by atoms with van der Waals surface area (Å²) in [7, 11) is 0. The van der Waals surface area contributed by atoms with Crippen molar-refractivity contribution in [3.63, 3.8) is 0 Å². The SMILES string of the molecule is C[C@@H](CCn1cccn1)N[C@H]1CCc2c(O)cccc21. The minimum absolute atomic E-state index is 0.365. The van der Waals surface area contributed by atoms with E-state index in [1.165, 1.54) is 5.56 Å². The van der Waals surface area contributed by atoms with Crippen molar-refractivity contribution >= 4 is 0 Å². The molecule has 1 aliphatic carbocycles. The highest BCUT2D eigenvalue weighted by Crippen LogP contribution is 2.36. The van der Waals surface area contributed by atoms with E-state index < -0.39 is 0 Å². The van der Waals surface area contributed by atoms with Crippen molar-refractivity contribution in [3.8, 4) is 5.75 Å². The van der Waals surface area contributed by atoms with Crippen LogP contribution in [-0.4, -0.2) is 20.9 Å². The Morgan fingerprint density at radius 2 is 2.35 bits per heavy atom. The second-order valence-electron chi connectivity index (χ2n) is 5.56. The van der Waals surface area contributed by atoms with Gasteiger partial charge in [-0.2, -0.15) is 5.10 Å². The summed E-state index contributed by atoms with van der Waals surface area (Å²) in [6.45, 7) is 3.14. The van der Waals surface area contributed by atoms with Gasteiger partial charge >= 0.3 is 0 Å². The summed E-state index contributed by atoms with van der Waals surface area (Å²) in [6.07, 6.45) is 6.89. The van der Waals surface area contributed by atoms with Crippen LogP contribution in [0.5, 0.6) is 5.75 Å². The Morgan fingerprint density at radius 3 is 3.15 bits per heavy atom. The van der Waals surface area contributed by atoms with Gasteiger partial charge in [0.25, 0.3) is 0 Å². The maximum atomic E-state index is 9.87.